The molecule has 0 radical (unpaired) electrons. The zero-order valence-electron chi connectivity index (χ0n) is 11.0. The predicted octanol–water partition coefficient (Wildman–Crippen LogP) is 0.848. The van der Waals surface area contributed by atoms with Crippen LogP contribution >= 0.6 is 0 Å². The lowest BCUT2D eigenvalue weighted by atomic mass is 10.0. The van der Waals surface area contributed by atoms with Crippen molar-refractivity contribution in [1.82, 2.24) is 0 Å². The normalized spacial score (nSPS) is 11.1. The minimum Gasteiger partial charge on any atom is -0.468 e. The number of carbonyl (C=O) groups is 3. The first-order valence-corrected chi connectivity index (χ1v) is 5.37. The van der Waals surface area contributed by atoms with E-state index < -0.39 is 17.9 Å². The SMILES string of the molecule is COC(=O)C(C/C=C(\C)COC(C)=O)C(=O)OC. The second-order valence-electron chi connectivity index (χ2n) is 3.67. The Hall–Kier alpha value is -1.85. The number of hydrogen-bond donors (Lipinski definition) is 0. The second kappa shape index (κ2) is 8.27. The zero-order valence-corrected chi connectivity index (χ0v) is 11.0. The van der Waals surface area contributed by atoms with Crippen molar-refractivity contribution in [2.45, 2.75) is 20.3 Å². The van der Waals surface area contributed by atoms with E-state index >= 15 is 0 Å². The third-order valence-electron chi connectivity index (χ3n) is 2.18. The van der Waals surface area contributed by atoms with Gasteiger partial charge < -0.3 is 14.2 Å². The Kier molecular flexibility index (Phi) is 7.42. The number of allylic oxidation sites excluding steroid dienone is 1. The topological polar surface area (TPSA) is 78.9 Å². The number of esters is 3. The molecule has 6 heteroatoms. The number of ether oxygens (including phenoxy) is 3. The summed E-state index contributed by atoms with van der Waals surface area (Å²) in [5.41, 5.74) is 0.739. The van der Waals surface area contributed by atoms with Crippen LogP contribution in [-0.4, -0.2) is 38.7 Å². The minimum absolute atomic E-state index is 0.129. The average molecular weight is 258 g/mol. The van der Waals surface area contributed by atoms with Crippen molar-refractivity contribution >= 4 is 17.9 Å². The summed E-state index contributed by atoms with van der Waals surface area (Å²) < 4.78 is 13.8. The molecule has 0 unspecified atom stereocenters. The number of hydrogen-bond acceptors (Lipinski definition) is 6. The van der Waals surface area contributed by atoms with Gasteiger partial charge in [0, 0.05) is 6.92 Å². The van der Waals surface area contributed by atoms with E-state index in [0.29, 0.717) is 0 Å². The van der Waals surface area contributed by atoms with Crippen molar-refractivity contribution in [1.29, 1.82) is 0 Å². The van der Waals surface area contributed by atoms with Crippen LogP contribution in [0.4, 0.5) is 0 Å². The largest absolute Gasteiger partial charge is 0.468 e. The highest BCUT2D eigenvalue weighted by Gasteiger charge is 2.27. The summed E-state index contributed by atoms with van der Waals surface area (Å²) >= 11 is 0. The van der Waals surface area contributed by atoms with Crippen LogP contribution in [0.1, 0.15) is 20.3 Å². The highest BCUT2D eigenvalue weighted by molar-refractivity contribution is 5.94. The molecule has 0 aromatic rings. The van der Waals surface area contributed by atoms with Crippen molar-refractivity contribution < 1.29 is 28.6 Å². The fourth-order valence-electron chi connectivity index (χ4n) is 1.17. The maximum absolute atomic E-state index is 11.4. The Morgan fingerprint density at radius 3 is 1.94 bits per heavy atom. The third kappa shape index (κ3) is 6.03. The van der Waals surface area contributed by atoms with E-state index in [1.165, 1.54) is 21.1 Å². The smallest absolute Gasteiger partial charge is 0.320 e. The molecule has 0 atom stereocenters. The van der Waals surface area contributed by atoms with Crippen molar-refractivity contribution in [2.75, 3.05) is 20.8 Å². The van der Waals surface area contributed by atoms with Crippen LogP contribution in [0.15, 0.2) is 11.6 Å². The zero-order chi connectivity index (χ0) is 14.1. The summed E-state index contributed by atoms with van der Waals surface area (Å²) in [4.78, 5) is 33.3. The van der Waals surface area contributed by atoms with Gasteiger partial charge in [0.25, 0.3) is 0 Å². The average Bonchev–Trinajstić information content (AvgIpc) is 2.35. The van der Waals surface area contributed by atoms with Gasteiger partial charge in [0.15, 0.2) is 5.92 Å². The number of carbonyl (C=O) groups excluding carboxylic acids is 3. The van der Waals surface area contributed by atoms with E-state index in [1.807, 2.05) is 0 Å². The lowest BCUT2D eigenvalue weighted by Gasteiger charge is -2.10. The molecule has 0 saturated heterocycles. The molecular weight excluding hydrogens is 240 g/mol. The lowest BCUT2D eigenvalue weighted by molar-refractivity contribution is -0.158. The Labute approximate surface area is 106 Å². The van der Waals surface area contributed by atoms with Gasteiger partial charge in [-0.05, 0) is 18.9 Å². The molecule has 18 heavy (non-hydrogen) atoms. The second-order valence-corrected chi connectivity index (χ2v) is 3.67. The standard InChI is InChI=1S/C12H18O6/c1-8(7-18-9(2)13)5-6-10(11(14)16-3)12(15)17-4/h5,10H,6-7H2,1-4H3/b8-5+. The highest BCUT2D eigenvalue weighted by atomic mass is 16.5. The Bertz CT molecular complexity index is 328. The van der Waals surface area contributed by atoms with Gasteiger partial charge in [0.05, 0.1) is 14.2 Å². The molecule has 0 aliphatic carbocycles. The highest BCUT2D eigenvalue weighted by Crippen LogP contribution is 2.11. The van der Waals surface area contributed by atoms with Crippen LogP contribution in [0, 0.1) is 5.92 Å². The van der Waals surface area contributed by atoms with Crippen LogP contribution in [0.5, 0.6) is 0 Å². The first-order chi connectivity index (χ1) is 8.42. The third-order valence-corrected chi connectivity index (χ3v) is 2.18. The maximum Gasteiger partial charge on any atom is 0.320 e. The molecular formula is C12H18O6. The summed E-state index contributed by atoms with van der Waals surface area (Å²) in [5, 5.41) is 0. The molecule has 0 heterocycles. The Balaban J connectivity index is 4.50. The van der Waals surface area contributed by atoms with E-state index in [-0.39, 0.29) is 19.0 Å². The van der Waals surface area contributed by atoms with Crippen molar-refractivity contribution in [3.63, 3.8) is 0 Å². The number of methoxy groups -OCH3 is 2. The Morgan fingerprint density at radius 2 is 1.56 bits per heavy atom. The molecule has 0 bridgehead atoms. The molecule has 0 aromatic heterocycles. The first-order valence-electron chi connectivity index (χ1n) is 5.37. The molecule has 0 amide bonds. The van der Waals surface area contributed by atoms with E-state index in [0.717, 1.165) is 5.57 Å². The molecule has 102 valence electrons. The first kappa shape index (κ1) is 16.1. The molecule has 6 nitrogen and oxygen atoms in total. The molecule has 0 rings (SSSR count). The molecule has 0 aliphatic rings. The lowest BCUT2D eigenvalue weighted by Crippen LogP contribution is -2.26. The van der Waals surface area contributed by atoms with Gasteiger partial charge >= 0.3 is 17.9 Å². The molecule has 0 N–H and O–H groups in total. The summed E-state index contributed by atoms with van der Waals surface area (Å²) in [5.74, 6) is -2.69. The summed E-state index contributed by atoms with van der Waals surface area (Å²) in [7, 11) is 2.40. The van der Waals surface area contributed by atoms with Crippen molar-refractivity contribution in [3.8, 4) is 0 Å². The van der Waals surface area contributed by atoms with Gasteiger partial charge in [-0.1, -0.05) is 6.08 Å². The van der Waals surface area contributed by atoms with Crippen LogP contribution < -0.4 is 0 Å². The van der Waals surface area contributed by atoms with Gasteiger partial charge in [-0.25, -0.2) is 0 Å². The molecule has 0 aromatic carbocycles. The fourth-order valence-corrected chi connectivity index (χ4v) is 1.17. The van der Waals surface area contributed by atoms with Crippen LogP contribution in [0.2, 0.25) is 0 Å². The molecule has 0 spiro atoms. The monoisotopic (exact) mass is 258 g/mol. The van der Waals surface area contributed by atoms with Gasteiger partial charge in [-0.3, -0.25) is 14.4 Å². The molecule has 0 saturated carbocycles. The minimum atomic E-state index is -0.993. The fraction of sp³-hybridized carbons (Fsp3) is 0.583. The van der Waals surface area contributed by atoms with E-state index in [2.05, 4.69) is 9.47 Å². The van der Waals surface area contributed by atoms with Crippen LogP contribution in [0.3, 0.4) is 0 Å². The van der Waals surface area contributed by atoms with Crippen molar-refractivity contribution in [2.24, 2.45) is 5.92 Å². The van der Waals surface area contributed by atoms with Gasteiger partial charge in [0.2, 0.25) is 0 Å². The maximum atomic E-state index is 11.4. The van der Waals surface area contributed by atoms with Gasteiger partial charge in [0.1, 0.15) is 6.61 Å². The summed E-state index contributed by atoms with van der Waals surface area (Å²) in [6, 6.07) is 0. The summed E-state index contributed by atoms with van der Waals surface area (Å²) in [6.07, 6.45) is 1.79. The summed E-state index contributed by atoms with van der Waals surface area (Å²) in [6.45, 7) is 3.16. The van der Waals surface area contributed by atoms with E-state index in [4.69, 9.17) is 4.74 Å². The Morgan fingerprint density at radius 1 is 1.06 bits per heavy atom. The van der Waals surface area contributed by atoms with Gasteiger partial charge in [-0.15, -0.1) is 0 Å². The van der Waals surface area contributed by atoms with E-state index in [1.54, 1.807) is 13.0 Å². The van der Waals surface area contributed by atoms with Crippen LogP contribution in [0.25, 0.3) is 0 Å². The number of rotatable bonds is 6. The molecule has 0 aliphatic heterocycles. The quantitative estimate of drug-likeness (QED) is 0.304. The molecule has 0 fully saturated rings. The van der Waals surface area contributed by atoms with Gasteiger partial charge in [-0.2, -0.15) is 0 Å². The van der Waals surface area contributed by atoms with E-state index in [9.17, 15) is 14.4 Å². The predicted molar refractivity (Wildman–Crippen MR) is 62.5 cm³/mol. The van der Waals surface area contributed by atoms with Crippen molar-refractivity contribution in [3.05, 3.63) is 11.6 Å². The van der Waals surface area contributed by atoms with Crippen LogP contribution in [-0.2, 0) is 28.6 Å².